The summed E-state index contributed by atoms with van der Waals surface area (Å²) in [6.07, 6.45) is 9.05. The molecule has 170 valence electrons. The molecule has 0 saturated heterocycles. The zero-order valence-corrected chi connectivity index (χ0v) is 19.3. The molecule has 4 saturated carbocycles. The summed E-state index contributed by atoms with van der Waals surface area (Å²) in [6, 6.07) is 19.1. The van der Waals surface area contributed by atoms with Gasteiger partial charge >= 0.3 is 5.97 Å². The molecule has 7 rings (SSSR count). The number of aliphatic hydroxyl groups is 1. The highest BCUT2D eigenvalue weighted by Gasteiger charge is 2.52. The van der Waals surface area contributed by atoms with E-state index in [0.717, 1.165) is 35.3 Å². The van der Waals surface area contributed by atoms with Crippen molar-refractivity contribution in [2.75, 3.05) is 13.7 Å². The van der Waals surface area contributed by atoms with Crippen LogP contribution < -0.4 is 0 Å². The maximum Gasteiger partial charge on any atom is 0.337 e. The van der Waals surface area contributed by atoms with Crippen LogP contribution in [0.4, 0.5) is 0 Å². The minimum absolute atomic E-state index is 0.204. The molecule has 3 aromatic rings. The third kappa shape index (κ3) is 3.58. The van der Waals surface area contributed by atoms with Crippen molar-refractivity contribution < 1.29 is 14.6 Å². The van der Waals surface area contributed by atoms with Crippen LogP contribution in [0.3, 0.4) is 0 Å². The number of carbonyl (C=O) groups is 1. The van der Waals surface area contributed by atoms with Crippen LogP contribution in [0.15, 0.2) is 54.6 Å². The van der Waals surface area contributed by atoms with Gasteiger partial charge in [0, 0.05) is 6.61 Å². The Morgan fingerprint density at radius 3 is 2.12 bits per heavy atom. The van der Waals surface area contributed by atoms with Crippen LogP contribution in [0.2, 0.25) is 0 Å². The molecular weight excluding hydrogens is 408 g/mol. The Bertz CT molecular complexity index is 1170. The van der Waals surface area contributed by atoms with Crippen molar-refractivity contribution in [1.82, 2.24) is 0 Å². The number of esters is 1. The number of methoxy groups -OCH3 is 1. The lowest BCUT2D eigenvalue weighted by Gasteiger charge is -2.57. The maximum absolute atomic E-state index is 11.8. The lowest BCUT2D eigenvalue weighted by atomic mass is 9.47. The highest BCUT2D eigenvalue weighted by molar-refractivity contribution is 5.91. The number of benzene rings is 3. The zero-order chi connectivity index (χ0) is 22.6. The summed E-state index contributed by atoms with van der Waals surface area (Å²) in [4.78, 5) is 11.8. The first-order valence-corrected chi connectivity index (χ1v) is 12.4. The summed E-state index contributed by atoms with van der Waals surface area (Å²) in [5, 5.41) is 12.3. The van der Waals surface area contributed by atoms with E-state index in [2.05, 4.69) is 30.3 Å². The van der Waals surface area contributed by atoms with E-state index >= 15 is 0 Å². The molecule has 4 aliphatic carbocycles. The quantitative estimate of drug-likeness (QED) is 0.474. The van der Waals surface area contributed by atoms with E-state index in [0.29, 0.717) is 11.0 Å². The zero-order valence-electron chi connectivity index (χ0n) is 19.3. The number of ether oxygens (including phenoxy) is 1. The molecule has 4 bridgehead atoms. The first kappa shape index (κ1) is 20.9. The Labute approximate surface area is 195 Å². The third-order valence-corrected chi connectivity index (χ3v) is 8.69. The van der Waals surface area contributed by atoms with Gasteiger partial charge in [-0.25, -0.2) is 4.79 Å². The van der Waals surface area contributed by atoms with E-state index in [1.165, 1.54) is 67.5 Å². The second-order valence-corrected chi connectivity index (χ2v) is 10.8. The Hall–Kier alpha value is -2.65. The average molecular weight is 441 g/mol. The van der Waals surface area contributed by atoms with Crippen LogP contribution in [0.5, 0.6) is 0 Å². The molecule has 4 fully saturated rings. The fraction of sp³-hybridized carbons (Fsp3) is 0.433. The number of hydrogen-bond donors (Lipinski definition) is 1. The Morgan fingerprint density at radius 2 is 1.52 bits per heavy atom. The summed E-state index contributed by atoms with van der Waals surface area (Å²) < 4.78 is 4.83. The summed E-state index contributed by atoms with van der Waals surface area (Å²) in [7, 11) is 1.41. The van der Waals surface area contributed by atoms with E-state index in [4.69, 9.17) is 4.74 Å². The third-order valence-electron chi connectivity index (χ3n) is 8.69. The number of rotatable bonds is 5. The smallest absolute Gasteiger partial charge is 0.337 e. The average Bonchev–Trinajstić information content (AvgIpc) is 2.82. The Balaban J connectivity index is 1.42. The molecule has 0 aromatic heterocycles. The molecule has 3 aromatic carbocycles. The summed E-state index contributed by atoms with van der Waals surface area (Å²) in [5.74, 6) is 2.38. The molecule has 0 unspecified atom stereocenters. The van der Waals surface area contributed by atoms with Gasteiger partial charge in [0.15, 0.2) is 0 Å². The first-order valence-electron chi connectivity index (χ1n) is 12.4. The predicted octanol–water partition coefficient (Wildman–Crippen LogP) is 6.30. The van der Waals surface area contributed by atoms with E-state index in [1.807, 2.05) is 24.3 Å². The minimum atomic E-state index is -0.309. The number of hydrogen-bond acceptors (Lipinski definition) is 3. The molecule has 4 aliphatic rings. The van der Waals surface area contributed by atoms with Gasteiger partial charge in [0.1, 0.15) is 0 Å². The summed E-state index contributed by atoms with van der Waals surface area (Å²) in [6.45, 7) is 0.204. The molecule has 0 radical (unpaired) electrons. The number of aliphatic hydroxyl groups excluding tert-OH is 1. The molecule has 0 atom stereocenters. The van der Waals surface area contributed by atoms with Crippen molar-refractivity contribution in [1.29, 1.82) is 0 Å². The second kappa shape index (κ2) is 7.99. The van der Waals surface area contributed by atoms with Gasteiger partial charge in [0.05, 0.1) is 12.7 Å². The fourth-order valence-corrected chi connectivity index (χ4v) is 7.70. The lowest BCUT2D eigenvalue weighted by Crippen LogP contribution is -2.49. The van der Waals surface area contributed by atoms with Gasteiger partial charge in [-0.05, 0) is 119 Å². The van der Waals surface area contributed by atoms with Crippen LogP contribution in [-0.2, 0) is 16.6 Å². The van der Waals surface area contributed by atoms with Crippen molar-refractivity contribution in [3.8, 4) is 11.1 Å². The number of carbonyl (C=O) groups excluding carboxylic acids is 1. The van der Waals surface area contributed by atoms with Crippen LogP contribution in [0, 0.1) is 17.8 Å². The molecule has 0 heterocycles. The van der Waals surface area contributed by atoms with Crippen molar-refractivity contribution >= 4 is 16.7 Å². The highest BCUT2D eigenvalue weighted by Crippen LogP contribution is 2.61. The van der Waals surface area contributed by atoms with Crippen LogP contribution >= 0.6 is 0 Å². The minimum Gasteiger partial charge on any atom is -0.465 e. The standard InChI is InChI=1S/C30H32O3/c1-33-29(32)23-4-2-22(3-5-23)24-6-7-25-13-26(8-9-31)28(15-27(25)14-24)30-16-19-10-20(17-30)12-21(11-19)18-30/h2-7,13-15,19-21,31H,8-12,16-18H2,1H3. The largest absolute Gasteiger partial charge is 0.465 e. The van der Waals surface area contributed by atoms with E-state index in [9.17, 15) is 9.90 Å². The molecule has 3 nitrogen and oxygen atoms in total. The van der Waals surface area contributed by atoms with Crippen LogP contribution in [0.1, 0.15) is 60.0 Å². The maximum atomic E-state index is 11.8. The Morgan fingerprint density at radius 1 is 0.879 bits per heavy atom. The summed E-state index contributed by atoms with van der Waals surface area (Å²) >= 11 is 0. The van der Waals surface area contributed by atoms with E-state index in [-0.39, 0.29) is 12.6 Å². The van der Waals surface area contributed by atoms with E-state index in [1.54, 1.807) is 0 Å². The van der Waals surface area contributed by atoms with Gasteiger partial charge in [0.2, 0.25) is 0 Å². The predicted molar refractivity (Wildman–Crippen MR) is 131 cm³/mol. The van der Waals surface area contributed by atoms with Gasteiger partial charge in [-0.2, -0.15) is 0 Å². The van der Waals surface area contributed by atoms with Crippen LogP contribution in [0.25, 0.3) is 21.9 Å². The second-order valence-electron chi connectivity index (χ2n) is 10.8. The van der Waals surface area contributed by atoms with Crippen molar-refractivity contribution in [3.63, 3.8) is 0 Å². The fourth-order valence-electron chi connectivity index (χ4n) is 7.70. The lowest BCUT2D eigenvalue weighted by molar-refractivity contribution is -0.00557. The van der Waals surface area contributed by atoms with Gasteiger partial charge in [-0.15, -0.1) is 0 Å². The van der Waals surface area contributed by atoms with Crippen molar-refractivity contribution in [3.05, 3.63) is 71.3 Å². The number of fused-ring (bicyclic) bond motifs is 1. The highest BCUT2D eigenvalue weighted by atomic mass is 16.5. The molecule has 33 heavy (non-hydrogen) atoms. The molecule has 1 N–H and O–H groups in total. The van der Waals surface area contributed by atoms with Gasteiger partial charge in [0.25, 0.3) is 0 Å². The van der Waals surface area contributed by atoms with Crippen molar-refractivity contribution in [2.45, 2.75) is 50.4 Å². The molecule has 3 heteroatoms. The van der Waals surface area contributed by atoms with Gasteiger partial charge in [-0.3, -0.25) is 0 Å². The normalized spacial score (nSPS) is 27.8. The molecular formula is C30H32O3. The Kier molecular flexibility index (Phi) is 5.06. The van der Waals surface area contributed by atoms with Gasteiger partial charge in [-0.1, -0.05) is 36.4 Å². The monoisotopic (exact) mass is 440 g/mol. The van der Waals surface area contributed by atoms with Crippen molar-refractivity contribution in [2.24, 2.45) is 17.8 Å². The molecule has 0 aliphatic heterocycles. The molecule has 0 spiro atoms. The molecule has 0 amide bonds. The van der Waals surface area contributed by atoms with E-state index < -0.39 is 0 Å². The summed E-state index contributed by atoms with van der Waals surface area (Å²) in [5.41, 5.74) is 6.00. The van der Waals surface area contributed by atoms with Gasteiger partial charge < -0.3 is 9.84 Å². The first-order chi connectivity index (χ1) is 16.1. The van der Waals surface area contributed by atoms with Crippen LogP contribution in [-0.4, -0.2) is 24.8 Å². The SMILES string of the molecule is COC(=O)c1ccc(-c2ccc3cc(CCO)c(C45CC6CC(CC(C6)C4)C5)cc3c2)cc1. The topological polar surface area (TPSA) is 46.5 Å².